The molecule has 2 heterocycles. The van der Waals surface area contributed by atoms with Crippen LogP contribution >= 0.6 is 11.3 Å². The molecule has 0 aliphatic rings. The second-order valence-corrected chi connectivity index (χ2v) is 4.22. The Kier molecular flexibility index (Phi) is 2.92. The van der Waals surface area contributed by atoms with Crippen LogP contribution in [0.3, 0.4) is 0 Å². The maximum absolute atomic E-state index is 13.1. The molecule has 1 N–H and O–H groups in total. The second kappa shape index (κ2) is 4.12. The first-order valence-electron chi connectivity index (χ1n) is 4.69. The molecule has 0 radical (unpaired) electrons. The van der Waals surface area contributed by atoms with E-state index in [0.29, 0.717) is 0 Å². The second-order valence-electron chi connectivity index (χ2n) is 3.44. The van der Waals surface area contributed by atoms with Gasteiger partial charge in [-0.25, -0.2) is 0 Å². The molecule has 0 spiro atoms. The van der Waals surface area contributed by atoms with Crippen molar-refractivity contribution in [1.29, 1.82) is 0 Å². The lowest BCUT2D eigenvalue weighted by Crippen LogP contribution is -2.43. The van der Waals surface area contributed by atoms with Gasteiger partial charge in [0.25, 0.3) is 0 Å². The minimum atomic E-state index is -4.82. The van der Waals surface area contributed by atoms with Crippen LogP contribution in [0, 0.1) is 0 Å². The maximum Gasteiger partial charge on any atom is 0.427 e. The Morgan fingerprint density at radius 2 is 1.94 bits per heavy atom. The lowest BCUT2D eigenvalue weighted by molar-refractivity contribution is -0.249. The van der Waals surface area contributed by atoms with E-state index in [2.05, 4.69) is 4.98 Å². The summed E-state index contributed by atoms with van der Waals surface area (Å²) in [6.45, 7) is 0. The molecule has 0 fully saturated rings. The molecule has 17 heavy (non-hydrogen) atoms. The molecule has 2 rings (SSSR count). The molecule has 1 atom stereocenters. The Balaban J connectivity index is 2.61. The van der Waals surface area contributed by atoms with E-state index in [1.807, 2.05) is 0 Å². The van der Waals surface area contributed by atoms with Crippen LogP contribution in [0.2, 0.25) is 0 Å². The number of pyridine rings is 1. The average Bonchev–Trinajstić information content (AvgIpc) is 2.81. The van der Waals surface area contributed by atoms with Gasteiger partial charge in [0.15, 0.2) is 0 Å². The van der Waals surface area contributed by atoms with E-state index in [0.717, 1.165) is 17.4 Å². The zero-order valence-electron chi connectivity index (χ0n) is 8.48. The average molecular weight is 259 g/mol. The monoisotopic (exact) mass is 259 g/mol. The third kappa shape index (κ3) is 1.94. The van der Waals surface area contributed by atoms with Gasteiger partial charge < -0.3 is 5.11 Å². The summed E-state index contributed by atoms with van der Waals surface area (Å²) in [5.41, 5.74) is -3.69. The van der Waals surface area contributed by atoms with Crippen LogP contribution in [0.1, 0.15) is 11.3 Å². The van der Waals surface area contributed by atoms with Crippen molar-refractivity contribution in [1.82, 2.24) is 4.98 Å². The molecule has 0 saturated carbocycles. The zero-order valence-corrected chi connectivity index (χ0v) is 9.29. The fourth-order valence-electron chi connectivity index (χ4n) is 1.50. The molecular weight excluding hydrogens is 251 g/mol. The number of rotatable bonds is 2. The Labute approximate surface area is 99.4 Å². The topological polar surface area (TPSA) is 33.1 Å². The molecule has 0 amide bonds. The number of aliphatic hydroxyl groups is 1. The number of halogens is 3. The van der Waals surface area contributed by atoms with Gasteiger partial charge >= 0.3 is 6.18 Å². The lowest BCUT2D eigenvalue weighted by atomic mass is 9.91. The molecule has 0 aliphatic carbocycles. The summed E-state index contributed by atoms with van der Waals surface area (Å²) in [5, 5.41) is 12.7. The number of hydrogen-bond acceptors (Lipinski definition) is 3. The molecule has 6 heteroatoms. The number of nitrogens with zero attached hydrogens (tertiary/aromatic N) is 1. The van der Waals surface area contributed by atoms with Crippen molar-refractivity contribution in [2.45, 2.75) is 11.8 Å². The van der Waals surface area contributed by atoms with Gasteiger partial charge in [-0.05, 0) is 29.0 Å². The largest absolute Gasteiger partial charge is 0.427 e. The van der Waals surface area contributed by atoms with E-state index in [1.165, 1.54) is 35.2 Å². The summed E-state index contributed by atoms with van der Waals surface area (Å²) in [6.07, 6.45) is -3.60. The molecule has 0 saturated heterocycles. The molecule has 0 aromatic carbocycles. The molecule has 2 nitrogen and oxygen atoms in total. The van der Waals surface area contributed by atoms with Crippen LogP contribution in [0.15, 0.2) is 41.2 Å². The van der Waals surface area contributed by atoms with E-state index in [9.17, 15) is 18.3 Å². The highest BCUT2D eigenvalue weighted by molar-refractivity contribution is 7.08. The van der Waals surface area contributed by atoms with Crippen molar-refractivity contribution in [3.05, 3.63) is 52.5 Å². The fraction of sp³-hybridized carbons (Fsp3) is 0.182. The number of aromatic nitrogens is 1. The van der Waals surface area contributed by atoms with Crippen LogP contribution in [-0.4, -0.2) is 16.3 Å². The van der Waals surface area contributed by atoms with Crippen molar-refractivity contribution >= 4 is 11.3 Å². The lowest BCUT2D eigenvalue weighted by Gasteiger charge is -2.29. The Morgan fingerprint density at radius 1 is 1.18 bits per heavy atom. The van der Waals surface area contributed by atoms with Gasteiger partial charge in [-0.15, -0.1) is 0 Å². The van der Waals surface area contributed by atoms with Gasteiger partial charge in [-0.1, -0.05) is 6.07 Å². The van der Waals surface area contributed by atoms with Crippen LogP contribution < -0.4 is 0 Å². The normalized spacial score (nSPS) is 15.5. The minimum Gasteiger partial charge on any atom is -0.371 e. The van der Waals surface area contributed by atoms with Gasteiger partial charge in [-0.2, -0.15) is 24.5 Å². The SMILES string of the molecule is OC(c1ccsc1)(c1ccccn1)C(F)(F)F. The quantitative estimate of drug-likeness (QED) is 0.899. The van der Waals surface area contributed by atoms with Crippen molar-refractivity contribution in [2.24, 2.45) is 0 Å². The number of hydrogen-bond donors (Lipinski definition) is 1. The van der Waals surface area contributed by atoms with Crippen molar-refractivity contribution in [3.63, 3.8) is 0 Å². The first-order chi connectivity index (χ1) is 7.96. The van der Waals surface area contributed by atoms with E-state index in [1.54, 1.807) is 0 Å². The first kappa shape index (κ1) is 12.1. The van der Waals surface area contributed by atoms with Crippen LogP contribution in [0.4, 0.5) is 13.2 Å². The maximum atomic E-state index is 13.1. The van der Waals surface area contributed by atoms with E-state index in [4.69, 9.17) is 0 Å². The molecule has 1 unspecified atom stereocenters. The summed E-state index contributed by atoms with van der Waals surface area (Å²) in [4.78, 5) is 3.61. The highest BCUT2D eigenvalue weighted by Gasteiger charge is 2.57. The van der Waals surface area contributed by atoms with Gasteiger partial charge in [-0.3, -0.25) is 4.98 Å². The van der Waals surface area contributed by atoms with Crippen molar-refractivity contribution in [3.8, 4) is 0 Å². The smallest absolute Gasteiger partial charge is 0.371 e. The van der Waals surface area contributed by atoms with Crippen LogP contribution in [-0.2, 0) is 5.60 Å². The Hall–Kier alpha value is -1.40. The Morgan fingerprint density at radius 3 is 2.41 bits per heavy atom. The van der Waals surface area contributed by atoms with E-state index >= 15 is 0 Å². The van der Waals surface area contributed by atoms with Gasteiger partial charge in [0.05, 0.1) is 5.69 Å². The highest BCUT2D eigenvalue weighted by Crippen LogP contribution is 2.43. The van der Waals surface area contributed by atoms with Crippen LogP contribution in [0.25, 0.3) is 0 Å². The predicted molar refractivity (Wildman–Crippen MR) is 57.6 cm³/mol. The summed E-state index contributed by atoms with van der Waals surface area (Å²) in [5.74, 6) is 0. The summed E-state index contributed by atoms with van der Waals surface area (Å²) in [6, 6.07) is 5.30. The van der Waals surface area contributed by atoms with Crippen molar-refractivity contribution in [2.75, 3.05) is 0 Å². The van der Waals surface area contributed by atoms with Gasteiger partial charge in [0.2, 0.25) is 5.60 Å². The summed E-state index contributed by atoms with van der Waals surface area (Å²) in [7, 11) is 0. The molecule has 2 aromatic heterocycles. The third-order valence-corrected chi connectivity index (χ3v) is 3.07. The molecule has 2 aromatic rings. The first-order valence-corrected chi connectivity index (χ1v) is 5.64. The standard InChI is InChI=1S/C11H8F3NOS/c12-11(13,14)10(16,8-4-6-17-7-8)9-3-1-2-5-15-9/h1-7,16H. The summed E-state index contributed by atoms with van der Waals surface area (Å²) < 4.78 is 39.2. The third-order valence-electron chi connectivity index (χ3n) is 2.38. The number of thiophene rings is 1. The summed E-state index contributed by atoms with van der Waals surface area (Å²) >= 11 is 1.09. The number of alkyl halides is 3. The van der Waals surface area contributed by atoms with E-state index in [-0.39, 0.29) is 5.56 Å². The van der Waals surface area contributed by atoms with E-state index < -0.39 is 17.5 Å². The minimum absolute atomic E-state index is 0.214. The predicted octanol–water partition coefficient (Wildman–Crippen LogP) is 2.94. The Bertz CT molecular complexity index is 483. The highest BCUT2D eigenvalue weighted by atomic mass is 32.1. The molecule has 90 valence electrons. The van der Waals surface area contributed by atoms with Gasteiger partial charge in [0.1, 0.15) is 0 Å². The van der Waals surface area contributed by atoms with Crippen molar-refractivity contribution < 1.29 is 18.3 Å². The fourth-order valence-corrected chi connectivity index (χ4v) is 2.20. The van der Waals surface area contributed by atoms with Crippen LogP contribution in [0.5, 0.6) is 0 Å². The molecule has 0 bridgehead atoms. The zero-order chi connectivity index (χ0) is 12.5. The molecule has 0 aliphatic heterocycles. The van der Waals surface area contributed by atoms with Gasteiger partial charge in [0, 0.05) is 11.8 Å². The molecular formula is C11H8F3NOS.